The quantitative estimate of drug-likeness (QED) is 0.0346. The Labute approximate surface area is 388 Å². The lowest BCUT2D eigenvalue weighted by atomic mass is 10.0. The van der Waals surface area contributed by atoms with Crippen LogP contribution in [0, 0.1) is 0 Å². The largest absolute Gasteiger partial charge is 0.463 e. The van der Waals surface area contributed by atoms with Gasteiger partial charge in [0, 0.05) is 19.4 Å². The van der Waals surface area contributed by atoms with Crippen LogP contribution in [0.3, 0.4) is 0 Å². The highest BCUT2D eigenvalue weighted by atomic mass is 16.6. The number of carbonyl (C=O) groups excluding carboxylic acids is 2. The summed E-state index contributed by atoms with van der Waals surface area (Å²) in [5.74, 6) is -0.316. The van der Waals surface area contributed by atoms with Crippen molar-refractivity contribution >= 4 is 11.9 Å². The van der Waals surface area contributed by atoms with Crippen LogP contribution >= 0.6 is 0 Å². The van der Waals surface area contributed by atoms with Gasteiger partial charge < -0.3 is 14.2 Å². The minimum atomic E-state index is -0.391. The number of carbonyl (C=O) groups is 2. The molecule has 0 fully saturated rings. The van der Waals surface area contributed by atoms with Crippen molar-refractivity contribution in [3.8, 4) is 0 Å². The molecule has 0 aromatic heterocycles. The molecule has 62 heavy (non-hydrogen) atoms. The molecule has 368 valence electrons. The van der Waals surface area contributed by atoms with Gasteiger partial charge in [-0.1, -0.05) is 270 Å². The minimum absolute atomic E-state index is 0.158. The first kappa shape index (κ1) is 60.6. The molecule has 0 radical (unpaired) electrons. The number of esters is 2. The van der Waals surface area contributed by atoms with Gasteiger partial charge in [-0.25, -0.2) is 0 Å². The van der Waals surface area contributed by atoms with Crippen molar-refractivity contribution in [2.75, 3.05) is 19.8 Å². The SMILES string of the molecule is CCCCCCCC/C=C\CCCCCCCCCCCC(=O)OC[C@H](COC(=O)CCCCCCCCCCCCC)OCCCCCCCCCCCCCCCCCC. The highest BCUT2D eigenvalue weighted by Gasteiger charge is 2.16. The summed E-state index contributed by atoms with van der Waals surface area (Å²) < 4.78 is 17.5. The fraction of sp³-hybridized carbons (Fsp3) is 0.930. The Morgan fingerprint density at radius 1 is 0.323 bits per heavy atom. The molecule has 0 spiro atoms. The lowest BCUT2D eigenvalue weighted by Gasteiger charge is -2.18. The van der Waals surface area contributed by atoms with Crippen LogP contribution in [0.2, 0.25) is 0 Å². The molecule has 5 heteroatoms. The zero-order chi connectivity index (χ0) is 44.9. The molecule has 0 aliphatic rings. The van der Waals surface area contributed by atoms with Gasteiger partial charge in [0.2, 0.25) is 0 Å². The normalized spacial score (nSPS) is 12.1. The molecule has 0 aliphatic carbocycles. The van der Waals surface area contributed by atoms with Crippen LogP contribution in [0.25, 0.3) is 0 Å². The molecule has 0 amide bonds. The molecule has 0 aliphatic heterocycles. The van der Waals surface area contributed by atoms with Crippen LogP contribution in [-0.4, -0.2) is 37.9 Å². The van der Waals surface area contributed by atoms with Gasteiger partial charge in [0.05, 0.1) is 0 Å². The maximum Gasteiger partial charge on any atom is 0.305 e. The predicted octanol–water partition coefficient (Wildman–Crippen LogP) is 19.0. The summed E-state index contributed by atoms with van der Waals surface area (Å²) in [5, 5.41) is 0. The topological polar surface area (TPSA) is 61.8 Å². The third kappa shape index (κ3) is 51.3. The van der Waals surface area contributed by atoms with E-state index in [-0.39, 0.29) is 25.2 Å². The standard InChI is InChI=1S/C57H110O5/c1-4-7-10-13-16-19-22-24-26-28-29-30-31-33-36-39-42-45-48-51-57(59)62-54-55(53-61-56(58)50-47-44-41-38-35-21-18-15-12-9-6-3)60-52-49-46-43-40-37-34-32-27-25-23-20-17-14-11-8-5-2/h24,26,55H,4-23,25,27-54H2,1-3H3/b26-24-/t55-/m0/s1. The second-order valence-electron chi connectivity index (χ2n) is 19.2. The molecule has 0 saturated heterocycles. The summed E-state index contributed by atoms with van der Waals surface area (Å²) in [6.45, 7) is 7.79. The number of unbranched alkanes of at least 4 members (excludes halogenated alkanes) is 40. The monoisotopic (exact) mass is 875 g/mol. The third-order valence-corrected chi connectivity index (χ3v) is 12.8. The lowest BCUT2D eigenvalue weighted by molar-refractivity contribution is -0.155. The molecule has 0 unspecified atom stereocenters. The van der Waals surface area contributed by atoms with Crippen LogP contribution < -0.4 is 0 Å². The van der Waals surface area contributed by atoms with E-state index >= 15 is 0 Å². The Kier molecular flexibility index (Phi) is 52.8. The molecule has 5 nitrogen and oxygen atoms in total. The van der Waals surface area contributed by atoms with E-state index in [1.807, 2.05) is 0 Å². The number of ether oxygens (including phenoxy) is 3. The van der Waals surface area contributed by atoms with Crippen molar-refractivity contribution < 1.29 is 23.8 Å². The highest BCUT2D eigenvalue weighted by molar-refractivity contribution is 5.69. The van der Waals surface area contributed by atoms with Crippen molar-refractivity contribution in [2.45, 2.75) is 322 Å². The molecule has 0 aromatic rings. The third-order valence-electron chi connectivity index (χ3n) is 12.8. The summed E-state index contributed by atoms with van der Waals surface area (Å²) in [6, 6.07) is 0. The molecular formula is C57H110O5. The summed E-state index contributed by atoms with van der Waals surface area (Å²) in [7, 11) is 0. The summed E-state index contributed by atoms with van der Waals surface area (Å²) in [5.41, 5.74) is 0. The van der Waals surface area contributed by atoms with Gasteiger partial charge >= 0.3 is 11.9 Å². The van der Waals surface area contributed by atoms with Crippen LogP contribution in [0.4, 0.5) is 0 Å². The van der Waals surface area contributed by atoms with Crippen molar-refractivity contribution in [1.29, 1.82) is 0 Å². The first-order valence-corrected chi connectivity index (χ1v) is 28.2. The summed E-state index contributed by atoms with van der Waals surface area (Å²) in [4.78, 5) is 25.2. The fourth-order valence-electron chi connectivity index (χ4n) is 8.54. The van der Waals surface area contributed by atoms with E-state index in [1.165, 1.54) is 244 Å². The average molecular weight is 876 g/mol. The fourth-order valence-corrected chi connectivity index (χ4v) is 8.54. The van der Waals surface area contributed by atoms with Gasteiger partial charge in [-0.05, 0) is 44.9 Å². The van der Waals surface area contributed by atoms with Gasteiger partial charge in [0.15, 0.2) is 0 Å². The molecule has 0 heterocycles. The first-order valence-electron chi connectivity index (χ1n) is 28.2. The van der Waals surface area contributed by atoms with E-state index in [0.717, 1.165) is 38.5 Å². The van der Waals surface area contributed by atoms with Crippen LogP contribution in [0.15, 0.2) is 12.2 Å². The first-order chi connectivity index (χ1) is 30.6. The maximum absolute atomic E-state index is 12.6. The van der Waals surface area contributed by atoms with Crippen LogP contribution in [-0.2, 0) is 23.8 Å². The average Bonchev–Trinajstić information content (AvgIpc) is 3.28. The molecular weight excluding hydrogens is 765 g/mol. The maximum atomic E-state index is 12.6. The van der Waals surface area contributed by atoms with Gasteiger partial charge in [-0.15, -0.1) is 0 Å². The second kappa shape index (κ2) is 54.0. The van der Waals surface area contributed by atoms with Crippen LogP contribution in [0.5, 0.6) is 0 Å². The number of hydrogen-bond donors (Lipinski definition) is 0. The van der Waals surface area contributed by atoms with E-state index in [1.54, 1.807) is 0 Å². The molecule has 0 N–H and O–H groups in total. The van der Waals surface area contributed by atoms with Gasteiger partial charge in [0.1, 0.15) is 19.3 Å². The van der Waals surface area contributed by atoms with Gasteiger partial charge in [-0.2, -0.15) is 0 Å². The molecule has 1 atom stereocenters. The van der Waals surface area contributed by atoms with Gasteiger partial charge in [0.25, 0.3) is 0 Å². The Morgan fingerprint density at radius 2 is 0.565 bits per heavy atom. The summed E-state index contributed by atoms with van der Waals surface area (Å²) in [6.07, 6.45) is 62.5. The van der Waals surface area contributed by atoms with E-state index < -0.39 is 6.10 Å². The van der Waals surface area contributed by atoms with E-state index in [0.29, 0.717) is 19.4 Å². The van der Waals surface area contributed by atoms with Gasteiger partial charge in [-0.3, -0.25) is 9.59 Å². The molecule has 0 rings (SSSR count). The van der Waals surface area contributed by atoms with E-state index in [9.17, 15) is 9.59 Å². The summed E-state index contributed by atoms with van der Waals surface area (Å²) >= 11 is 0. The van der Waals surface area contributed by atoms with Crippen LogP contribution in [0.1, 0.15) is 316 Å². The zero-order valence-corrected chi connectivity index (χ0v) is 42.4. The van der Waals surface area contributed by atoms with Crippen molar-refractivity contribution in [3.63, 3.8) is 0 Å². The number of rotatable bonds is 53. The minimum Gasteiger partial charge on any atom is -0.463 e. The Morgan fingerprint density at radius 3 is 0.855 bits per heavy atom. The van der Waals surface area contributed by atoms with E-state index in [2.05, 4.69) is 32.9 Å². The Bertz CT molecular complexity index is 902. The smallest absolute Gasteiger partial charge is 0.305 e. The number of hydrogen-bond acceptors (Lipinski definition) is 5. The molecule has 0 aromatic carbocycles. The lowest BCUT2D eigenvalue weighted by Crippen LogP contribution is -2.29. The second-order valence-corrected chi connectivity index (χ2v) is 19.2. The predicted molar refractivity (Wildman–Crippen MR) is 270 cm³/mol. The van der Waals surface area contributed by atoms with Crippen molar-refractivity contribution in [3.05, 3.63) is 12.2 Å². The Balaban J connectivity index is 4.15. The molecule has 0 saturated carbocycles. The molecule has 0 bridgehead atoms. The van der Waals surface area contributed by atoms with Crippen molar-refractivity contribution in [2.24, 2.45) is 0 Å². The number of allylic oxidation sites excluding steroid dienone is 2. The highest BCUT2D eigenvalue weighted by Crippen LogP contribution is 2.17. The zero-order valence-electron chi connectivity index (χ0n) is 42.4. The van der Waals surface area contributed by atoms with Crippen molar-refractivity contribution in [1.82, 2.24) is 0 Å². The van der Waals surface area contributed by atoms with E-state index in [4.69, 9.17) is 14.2 Å². The Hall–Kier alpha value is -1.36.